The number of esters is 2. The quantitative estimate of drug-likeness (QED) is 0.130. The van der Waals surface area contributed by atoms with E-state index < -0.39 is 18.2 Å². The van der Waals surface area contributed by atoms with E-state index in [1.807, 2.05) is 0 Å². The molecule has 0 radical (unpaired) electrons. The number of rotatable bonds is 13. The molecule has 0 aromatic carbocycles. The van der Waals surface area contributed by atoms with Crippen molar-refractivity contribution in [3.63, 3.8) is 0 Å². The van der Waals surface area contributed by atoms with Crippen molar-refractivity contribution in [1.82, 2.24) is 10.3 Å². The standard InChI is InChI=1S/C34H50N2O10/c1-4-6-7-12-29-30-22-41-24(5-2)16-26(44-30)17-25-18-27(19-28(43-25)20-33(38)46-29)45-32(37)14-9-8-11-23-21-42-31(36-23)13-10-15-35-34(39)40-3/h9-10,13-14,21,24-30H,4-8,11-12,15-20,22H2,1-3H3,(H,35,39)/b13-10-,14-9-/t24?,25?,26-,27-,28?,29+,30?/m1/s1. The number of oxazole rings is 1. The Morgan fingerprint density at radius 1 is 1.07 bits per heavy atom. The Labute approximate surface area is 271 Å². The predicted molar refractivity (Wildman–Crippen MR) is 168 cm³/mol. The smallest absolute Gasteiger partial charge is 0.407 e. The summed E-state index contributed by atoms with van der Waals surface area (Å²) in [6.07, 6.45) is 14.2. The van der Waals surface area contributed by atoms with Crippen LogP contribution < -0.4 is 5.32 Å². The van der Waals surface area contributed by atoms with Gasteiger partial charge in [-0.3, -0.25) is 4.79 Å². The van der Waals surface area contributed by atoms with Gasteiger partial charge in [0.15, 0.2) is 0 Å². The fourth-order valence-electron chi connectivity index (χ4n) is 6.13. The fraction of sp³-hybridized carbons (Fsp3) is 0.706. The lowest BCUT2D eigenvalue weighted by Crippen LogP contribution is -2.40. The lowest BCUT2D eigenvalue weighted by Gasteiger charge is -2.36. The molecule has 4 rings (SSSR count). The number of carbonyl (C=O) groups excluding carboxylic acids is 3. The summed E-state index contributed by atoms with van der Waals surface area (Å²) >= 11 is 0. The number of amides is 1. The molecule has 0 aliphatic carbocycles. The number of unbranched alkanes of at least 4 members (excludes halogenated alkanes) is 2. The molecule has 4 unspecified atom stereocenters. The van der Waals surface area contributed by atoms with Gasteiger partial charge in [0.05, 0.1) is 50.2 Å². The van der Waals surface area contributed by atoms with E-state index in [9.17, 15) is 14.4 Å². The normalized spacial score (nSPS) is 28.7. The van der Waals surface area contributed by atoms with E-state index in [2.05, 4.69) is 28.9 Å². The second-order valence-corrected chi connectivity index (χ2v) is 12.2. The molecular weight excluding hydrogens is 596 g/mol. The Kier molecular flexibility index (Phi) is 14.6. The summed E-state index contributed by atoms with van der Waals surface area (Å²) in [6, 6.07) is 0. The van der Waals surface area contributed by atoms with Crippen molar-refractivity contribution in [1.29, 1.82) is 0 Å². The molecule has 46 heavy (non-hydrogen) atoms. The average molecular weight is 647 g/mol. The van der Waals surface area contributed by atoms with Crippen LogP contribution in [-0.2, 0) is 44.4 Å². The summed E-state index contributed by atoms with van der Waals surface area (Å²) in [5.41, 5.74) is 0.740. The Bertz CT molecular complexity index is 1170. The molecule has 1 N–H and O–H groups in total. The second-order valence-electron chi connectivity index (χ2n) is 12.2. The maximum absolute atomic E-state index is 13.1. The molecule has 3 aliphatic heterocycles. The minimum atomic E-state index is -0.515. The van der Waals surface area contributed by atoms with Crippen molar-refractivity contribution in [3.05, 3.63) is 36.1 Å². The van der Waals surface area contributed by atoms with Gasteiger partial charge in [0.2, 0.25) is 5.89 Å². The maximum Gasteiger partial charge on any atom is 0.407 e. The van der Waals surface area contributed by atoms with Crippen molar-refractivity contribution in [2.24, 2.45) is 0 Å². The summed E-state index contributed by atoms with van der Waals surface area (Å²) in [5, 5.41) is 2.53. The fourth-order valence-corrected chi connectivity index (χ4v) is 6.13. The molecule has 4 bridgehead atoms. The van der Waals surface area contributed by atoms with Crippen molar-refractivity contribution >= 4 is 24.1 Å². The highest BCUT2D eigenvalue weighted by molar-refractivity contribution is 5.82. The van der Waals surface area contributed by atoms with Crippen LogP contribution in [-0.4, -0.2) is 86.0 Å². The van der Waals surface area contributed by atoms with Crippen LogP contribution in [0.5, 0.6) is 0 Å². The van der Waals surface area contributed by atoms with E-state index in [-0.39, 0.29) is 55.6 Å². The number of methoxy groups -OCH3 is 1. The van der Waals surface area contributed by atoms with Crippen LogP contribution in [0.2, 0.25) is 0 Å². The highest BCUT2D eigenvalue weighted by Gasteiger charge is 2.40. The van der Waals surface area contributed by atoms with Crippen molar-refractivity contribution in [3.8, 4) is 0 Å². The summed E-state index contributed by atoms with van der Waals surface area (Å²) in [4.78, 5) is 41.3. The Morgan fingerprint density at radius 3 is 2.70 bits per heavy atom. The van der Waals surface area contributed by atoms with Gasteiger partial charge in [0.1, 0.15) is 24.6 Å². The van der Waals surface area contributed by atoms with Gasteiger partial charge in [-0.15, -0.1) is 0 Å². The zero-order valence-electron chi connectivity index (χ0n) is 27.4. The highest BCUT2D eigenvalue weighted by atomic mass is 16.6. The first kappa shape index (κ1) is 35.6. The number of aryl methyl sites for hydroxylation is 1. The third-order valence-corrected chi connectivity index (χ3v) is 8.47. The number of hydrogen-bond donors (Lipinski definition) is 1. The summed E-state index contributed by atoms with van der Waals surface area (Å²) in [5.74, 6) is -0.332. The van der Waals surface area contributed by atoms with Gasteiger partial charge in [-0.1, -0.05) is 38.8 Å². The zero-order valence-corrected chi connectivity index (χ0v) is 27.4. The van der Waals surface area contributed by atoms with Crippen LogP contribution in [0, 0.1) is 0 Å². The van der Waals surface area contributed by atoms with Gasteiger partial charge in [0, 0.05) is 31.9 Å². The predicted octanol–water partition coefficient (Wildman–Crippen LogP) is 5.23. The number of hydrogen-bond acceptors (Lipinski definition) is 11. The first-order chi connectivity index (χ1) is 22.3. The lowest BCUT2D eigenvalue weighted by atomic mass is 9.94. The summed E-state index contributed by atoms with van der Waals surface area (Å²) in [6.45, 7) is 4.96. The van der Waals surface area contributed by atoms with Gasteiger partial charge in [-0.05, 0) is 44.6 Å². The van der Waals surface area contributed by atoms with Crippen molar-refractivity contribution in [2.45, 2.75) is 134 Å². The number of carbonyl (C=O) groups is 3. The lowest BCUT2D eigenvalue weighted by molar-refractivity contribution is -0.167. The third kappa shape index (κ3) is 11.9. The van der Waals surface area contributed by atoms with Crippen LogP contribution in [0.1, 0.15) is 96.1 Å². The van der Waals surface area contributed by atoms with Crippen LogP contribution in [0.4, 0.5) is 4.79 Å². The average Bonchev–Trinajstić information content (AvgIpc) is 3.38. The molecule has 1 aromatic rings. The molecule has 4 heterocycles. The molecule has 1 aromatic heterocycles. The largest absolute Gasteiger partial charge is 0.459 e. The van der Waals surface area contributed by atoms with Crippen LogP contribution in [0.3, 0.4) is 0 Å². The van der Waals surface area contributed by atoms with E-state index in [4.69, 9.17) is 28.1 Å². The molecule has 12 nitrogen and oxygen atoms in total. The Morgan fingerprint density at radius 2 is 1.89 bits per heavy atom. The van der Waals surface area contributed by atoms with Crippen LogP contribution >= 0.6 is 0 Å². The summed E-state index contributed by atoms with van der Waals surface area (Å²) in [7, 11) is 1.30. The maximum atomic E-state index is 13.1. The van der Waals surface area contributed by atoms with Crippen molar-refractivity contribution < 1.29 is 47.2 Å². The van der Waals surface area contributed by atoms with Gasteiger partial charge in [-0.25, -0.2) is 14.6 Å². The molecule has 0 saturated carbocycles. The highest BCUT2D eigenvalue weighted by Crippen LogP contribution is 2.33. The van der Waals surface area contributed by atoms with Gasteiger partial charge in [-0.2, -0.15) is 0 Å². The Hall–Kier alpha value is -3.22. The number of fused-ring (bicyclic) bond motifs is 4. The van der Waals surface area contributed by atoms with Crippen LogP contribution in [0.25, 0.3) is 6.08 Å². The molecule has 3 fully saturated rings. The van der Waals surface area contributed by atoms with Gasteiger partial charge in [0.25, 0.3) is 0 Å². The Balaban J connectivity index is 1.30. The molecule has 3 saturated heterocycles. The first-order valence-corrected chi connectivity index (χ1v) is 16.8. The van der Waals surface area contributed by atoms with E-state index in [0.717, 1.165) is 44.2 Å². The minimum Gasteiger partial charge on any atom is -0.459 e. The molecule has 3 aliphatic rings. The van der Waals surface area contributed by atoms with E-state index in [1.54, 1.807) is 24.5 Å². The number of ether oxygens (including phenoxy) is 6. The van der Waals surface area contributed by atoms with Gasteiger partial charge < -0.3 is 38.2 Å². The minimum absolute atomic E-state index is 0.0683. The first-order valence-electron chi connectivity index (χ1n) is 16.8. The van der Waals surface area contributed by atoms with E-state index in [0.29, 0.717) is 44.6 Å². The van der Waals surface area contributed by atoms with Crippen LogP contribution in [0.15, 0.2) is 28.9 Å². The number of aromatic nitrogens is 1. The molecule has 12 heteroatoms. The molecule has 1 amide bonds. The molecule has 256 valence electrons. The summed E-state index contributed by atoms with van der Waals surface area (Å²) < 4.78 is 40.9. The van der Waals surface area contributed by atoms with E-state index in [1.165, 1.54) is 13.2 Å². The molecular formula is C34H50N2O10. The molecule has 7 atom stereocenters. The van der Waals surface area contributed by atoms with E-state index >= 15 is 0 Å². The van der Waals surface area contributed by atoms with Crippen molar-refractivity contribution in [2.75, 3.05) is 20.3 Å². The van der Waals surface area contributed by atoms with Gasteiger partial charge >= 0.3 is 18.0 Å². The number of allylic oxidation sites excluding steroid dienone is 1. The number of nitrogens with zero attached hydrogens (tertiary/aromatic N) is 1. The number of nitrogens with one attached hydrogen (secondary N) is 1. The number of alkyl carbamates (subject to hydrolysis) is 1. The molecule has 0 spiro atoms. The second kappa shape index (κ2) is 18.8. The monoisotopic (exact) mass is 646 g/mol. The topological polar surface area (TPSA) is 145 Å². The SMILES string of the molecule is CCCCC[C@@H]1OC(=O)CC2C[C@H](OC(=O)/C=C\CCc3coc(/C=C\CNC(=O)OC)n3)CC(C[C@H]3CC(CC)OCC1O3)O2. The number of cyclic esters (lactones) is 1. The third-order valence-electron chi connectivity index (χ3n) is 8.47. The zero-order chi connectivity index (χ0) is 32.7.